The van der Waals surface area contributed by atoms with Gasteiger partial charge in [0.05, 0.1) is 19.1 Å². The summed E-state index contributed by atoms with van der Waals surface area (Å²) >= 11 is 0. The van der Waals surface area contributed by atoms with E-state index in [1.165, 1.54) is 65.2 Å². The number of carbonyl (C=O) groups excluding carboxylic acids is 3. The van der Waals surface area contributed by atoms with Crippen LogP contribution in [-0.2, 0) is 28.6 Å². The number of unbranched alkanes of at least 4 members (excludes halogenated alkanes) is 10. The lowest BCUT2D eigenvalue weighted by Crippen LogP contribution is -2.30. The Morgan fingerprint density at radius 1 is 0.686 bits per heavy atom. The molecular formula is C27H50O8. The highest BCUT2D eigenvalue weighted by Gasteiger charge is 2.21. The van der Waals surface area contributed by atoms with E-state index < -0.39 is 36.7 Å². The van der Waals surface area contributed by atoms with Gasteiger partial charge in [-0.1, -0.05) is 77.6 Å². The monoisotopic (exact) mass is 502 g/mol. The Morgan fingerprint density at radius 3 is 1.71 bits per heavy atom. The van der Waals surface area contributed by atoms with Crippen molar-refractivity contribution in [3.63, 3.8) is 0 Å². The lowest BCUT2D eigenvalue weighted by atomic mass is 10.0. The molecule has 0 radical (unpaired) electrons. The van der Waals surface area contributed by atoms with E-state index >= 15 is 0 Å². The predicted molar refractivity (Wildman–Crippen MR) is 135 cm³/mol. The Hall–Kier alpha value is -1.67. The van der Waals surface area contributed by atoms with Crippen LogP contribution in [0.2, 0.25) is 0 Å². The van der Waals surface area contributed by atoms with E-state index in [1.807, 2.05) is 0 Å². The van der Waals surface area contributed by atoms with E-state index in [4.69, 9.17) is 14.2 Å². The minimum Gasteiger partial charge on any atom is -0.462 e. The molecular weight excluding hydrogens is 452 g/mol. The smallest absolute Gasteiger partial charge is 0.310 e. The van der Waals surface area contributed by atoms with Gasteiger partial charge in [-0.3, -0.25) is 14.4 Å². The van der Waals surface area contributed by atoms with Gasteiger partial charge in [-0.05, 0) is 25.7 Å². The normalized spacial score (nSPS) is 13.6. The topological polar surface area (TPSA) is 119 Å². The molecule has 0 heterocycles. The molecule has 0 aromatic heterocycles. The summed E-state index contributed by atoms with van der Waals surface area (Å²) in [5.74, 6) is -1.65. The fourth-order valence-electron chi connectivity index (χ4n) is 3.96. The minimum absolute atomic E-state index is 0.142. The highest BCUT2D eigenvalue weighted by atomic mass is 16.6. The maximum atomic E-state index is 12.2. The second-order valence-electron chi connectivity index (χ2n) is 9.44. The number of carbonyl (C=O) groups is 3. The summed E-state index contributed by atoms with van der Waals surface area (Å²) < 4.78 is 15.1. The minimum atomic E-state index is -0.953. The predicted octanol–water partition coefficient (Wildman–Crippen LogP) is 5.01. The van der Waals surface area contributed by atoms with Crippen molar-refractivity contribution >= 4 is 17.9 Å². The van der Waals surface area contributed by atoms with Gasteiger partial charge < -0.3 is 24.4 Å². The molecule has 35 heavy (non-hydrogen) atoms. The average molecular weight is 503 g/mol. The Kier molecular flexibility index (Phi) is 21.7. The zero-order chi connectivity index (χ0) is 26.3. The molecule has 0 spiro atoms. The van der Waals surface area contributed by atoms with Gasteiger partial charge in [-0.2, -0.15) is 0 Å². The molecule has 0 aromatic rings. The molecule has 3 atom stereocenters. The quantitative estimate of drug-likeness (QED) is 0.114. The first-order valence-corrected chi connectivity index (χ1v) is 13.6. The van der Waals surface area contributed by atoms with Crippen LogP contribution in [0.4, 0.5) is 0 Å². The molecule has 0 aliphatic rings. The molecule has 0 rings (SSSR count). The molecule has 0 aromatic carbocycles. The van der Waals surface area contributed by atoms with Crippen LogP contribution < -0.4 is 0 Å². The van der Waals surface area contributed by atoms with Crippen molar-refractivity contribution in [2.24, 2.45) is 0 Å². The van der Waals surface area contributed by atoms with Crippen LogP contribution in [0.25, 0.3) is 0 Å². The molecule has 0 saturated carbocycles. The van der Waals surface area contributed by atoms with Crippen molar-refractivity contribution in [3.8, 4) is 0 Å². The van der Waals surface area contributed by atoms with Crippen LogP contribution in [0.3, 0.4) is 0 Å². The van der Waals surface area contributed by atoms with Crippen molar-refractivity contribution in [3.05, 3.63) is 0 Å². The van der Waals surface area contributed by atoms with E-state index in [2.05, 4.69) is 6.92 Å². The third kappa shape index (κ3) is 22.5. The molecule has 0 aliphatic heterocycles. The molecule has 8 nitrogen and oxygen atoms in total. The number of rotatable bonds is 23. The molecule has 0 amide bonds. The summed E-state index contributed by atoms with van der Waals surface area (Å²) in [4.78, 5) is 34.4. The number of hydrogen-bond donors (Lipinski definition) is 2. The van der Waals surface area contributed by atoms with Gasteiger partial charge in [0.2, 0.25) is 0 Å². The van der Waals surface area contributed by atoms with Crippen molar-refractivity contribution in [2.75, 3.05) is 13.2 Å². The van der Waals surface area contributed by atoms with Crippen molar-refractivity contribution in [1.29, 1.82) is 0 Å². The Bertz CT molecular complexity index is 551. The maximum absolute atomic E-state index is 12.2. The first-order valence-electron chi connectivity index (χ1n) is 13.6. The third-order valence-corrected chi connectivity index (χ3v) is 5.91. The zero-order valence-corrected chi connectivity index (χ0v) is 22.3. The van der Waals surface area contributed by atoms with Crippen LogP contribution in [-0.4, -0.2) is 59.6 Å². The zero-order valence-electron chi connectivity index (χ0n) is 22.3. The maximum Gasteiger partial charge on any atom is 0.310 e. The first-order chi connectivity index (χ1) is 16.8. The summed E-state index contributed by atoms with van der Waals surface area (Å²) in [6.45, 7) is 4.04. The third-order valence-electron chi connectivity index (χ3n) is 5.91. The fourth-order valence-corrected chi connectivity index (χ4v) is 3.96. The van der Waals surface area contributed by atoms with Gasteiger partial charge >= 0.3 is 17.9 Å². The molecule has 0 aliphatic carbocycles. The van der Waals surface area contributed by atoms with E-state index in [-0.39, 0.29) is 19.1 Å². The van der Waals surface area contributed by atoms with E-state index in [1.54, 1.807) is 0 Å². The van der Waals surface area contributed by atoms with Gasteiger partial charge in [0, 0.05) is 13.8 Å². The number of aliphatic hydroxyl groups excluding tert-OH is 2. The number of hydrogen-bond acceptors (Lipinski definition) is 8. The fraction of sp³-hybridized carbons (Fsp3) is 0.889. The van der Waals surface area contributed by atoms with Gasteiger partial charge in [-0.15, -0.1) is 0 Å². The Morgan fingerprint density at radius 2 is 1.20 bits per heavy atom. The lowest BCUT2D eigenvalue weighted by Gasteiger charge is -2.19. The van der Waals surface area contributed by atoms with E-state index in [0.717, 1.165) is 25.7 Å². The number of esters is 3. The van der Waals surface area contributed by atoms with Crippen molar-refractivity contribution in [1.82, 2.24) is 0 Å². The van der Waals surface area contributed by atoms with Crippen molar-refractivity contribution < 1.29 is 38.8 Å². The van der Waals surface area contributed by atoms with Crippen molar-refractivity contribution in [2.45, 2.75) is 142 Å². The Balaban J connectivity index is 4.00. The van der Waals surface area contributed by atoms with Gasteiger partial charge in [0.1, 0.15) is 12.7 Å². The van der Waals surface area contributed by atoms with Crippen LogP contribution >= 0.6 is 0 Å². The summed E-state index contributed by atoms with van der Waals surface area (Å²) in [5.41, 5.74) is 0. The average Bonchev–Trinajstić information content (AvgIpc) is 2.80. The number of ether oxygens (including phenoxy) is 3. The summed E-state index contributed by atoms with van der Waals surface area (Å²) in [6.07, 6.45) is 14.1. The summed E-state index contributed by atoms with van der Waals surface area (Å²) in [7, 11) is 0. The molecule has 0 bridgehead atoms. The second-order valence-corrected chi connectivity index (χ2v) is 9.44. The molecule has 0 saturated heterocycles. The molecule has 0 fully saturated rings. The number of aliphatic hydroxyl groups is 2. The van der Waals surface area contributed by atoms with Crippen LogP contribution in [0.1, 0.15) is 124 Å². The molecule has 206 valence electrons. The lowest BCUT2D eigenvalue weighted by molar-refractivity contribution is -0.164. The van der Waals surface area contributed by atoms with E-state index in [9.17, 15) is 24.6 Å². The molecule has 8 heteroatoms. The standard InChI is InChI=1S/C27H50O8/c1-4-5-6-7-8-9-10-11-12-13-16-24(31)17-14-15-18-25(34-23(3)30)19-27(32)35-26(20-28)21-33-22(2)29/h24-26,28,31H,4-21H2,1-3H3. The van der Waals surface area contributed by atoms with Gasteiger partial charge in [0.15, 0.2) is 6.10 Å². The van der Waals surface area contributed by atoms with Crippen LogP contribution in [0.15, 0.2) is 0 Å². The summed E-state index contributed by atoms with van der Waals surface area (Å²) in [5, 5.41) is 19.5. The second kappa shape index (κ2) is 22.8. The van der Waals surface area contributed by atoms with Crippen LogP contribution in [0.5, 0.6) is 0 Å². The SMILES string of the molecule is CCCCCCCCCCCCC(O)CCCCC(CC(=O)OC(CO)COC(C)=O)OC(C)=O. The highest BCUT2D eigenvalue weighted by molar-refractivity contribution is 5.71. The first kappa shape index (κ1) is 33.3. The van der Waals surface area contributed by atoms with E-state index in [0.29, 0.717) is 19.3 Å². The Labute approximate surface area is 212 Å². The van der Waals surface area contributed by atoms with Gasteiger partial charge in [0.25, 0.3) is 0 Å². The van der Waals surface area contributed by atoms with Crippen LogP contribution in [0, 0.1) is 0 Å². The molecule has 2 N–H and O–H groups in total. The summed E-state index contributed by atoms with van der Waals surface area (Å²) in [6, 6.07) is 0. The highest BCUT2D eigenvalue weighted by Crippen LogP contribution is 2.16. The molecule has 3 unspecified atom stereocenters. The largest absolute Gasteiger partial charge is 0.462 e. The van der Waals surface area contributed by atoms with Gasteiger partial charge in [-0.25, -0.2) is 0 Å².